The van der Waals surface area contributed by atoms with Gasteiger partial charge in [0.2, 0.25) is 0 Å². The monoisotopic (exact) mass is 435 g/mol. The number of nitrogens with one attached hydrogen (secondary N) is 1. The molecule has 0 spiro atoms. The van der Waals surface area contributed by atoms with Crippen molar-refractivity contribution in [3.05, 3.63) is 45.4 Å². The maximum absolute atomic E-state index is 5.84. The number of fused-ring (bicyclic) bond motifs is 1. The van der Waals surface area contributed by atoms with Crippen molar-refractivity contribution >= 4 is 15.9 Å². The van der Waals surface area contributed by atoms with Crippen molar-refractivity contribution in [1.29, 1.82) is 0 Å². The molecule has 2 aromatic rings. The van der Waals surface area contributed by atoms with E-state index in [1.165, 1.54) is 11.1 Å². The quantitative estimate of drug-likeness (QED) is 0.693. The van der Waals surface area contributed by atoms with E-state index in [0.29, 0.717) is 13.2 Å². The molecule has 0 saturated carbocycles. The average Bonchev–Trinajstić information content (AvgIpc) is 2.68. The Morgan fingerprint density at radius 1 is 0.889 bits per heavy atom. The SMILES string of the molecule is CCOc1cc2c(cc1OCC)C(c1cc(Br)c(OC)cc1OC)NCC2. The molecule has 5 nitrogen and oxygen atoms in total. The lowest BCUT2D eigenvalue weighted by molar-refractivity contribution is 0.286. The molecule has 0 aromatic heterocycles. The lowest BCUT2D eigenvalue weighted by Crippen LogP contribution is -2.31. The van der Waals surface area contributed by atoms with E-state index < -0.39 is 0 Å². The molecule has 1 atom stereocenters. The van der Waals surface area contributed by atoms with Gasteiger partial charge >= 0.3 is 0 Å². The summed E-state index contributed by atoms with van der Waals surface area (Å²) >= 11 is 3.60. The van der Waals surface area contributed by atoms with Crippen molar-refractivity contribution in [1.82, 2.24) is 5.32 Å². The topological polar surface area (TPSA) is 49.0 Å². The molecule has 0 radical (unpaired) electrons. The van der Waals surface area contributed by atoms with Crippen molar-refractivity contribution in [2.24, 2.45) is 0 Å². The van der Waals surface area contributed by atoms with Crippen LogP contribution >= 0.6 is 15.9 Å². The predicted molar refractivity (Wildman–Crippen MR) is 110 cm³/mol. The molecule has 1 N–H and O–H groups in total. The fourth-order valence-corrected chi connectivity index (χ4v) is 4.01. The summed E-state index contributed by atoms with van der Waals surface area (Å²) in [6.07, 6.45) is 0.942. The van der Waals surface area contributed by atoms with E-state index >= 15 is 0 Å². The molecule has 0 aliphatic carbocycles. The van der Waals surface area contributed by atoms with Gasteiger partial charge in [-0.2, -0.15) is 0 Å². The van der Waals surface area contributed by atoms with Gasteiger partial charge in [0.05, 0.1) is 37.9 Å². The maximum atomic E-state index is 5.84. The number of methoxy groups -OCH3 is 2. The predicted octanol–water partition coefficient (Wildman–Crippen LogP) is 4.50. The molecular formula is C21H26BrNO4. The first-order valence-electron chi connectivity index (χ1n) is 9.20. The van der Waals surface area contributed by atoms with Crippen LogP contribution < -0.4 is 24.3 Å². The van der Waals surface area contributed by atoms with Crippen molar-refractivity contribution in [2.45, 2.75) is 26.3 Å². The summed E-state index contributed by atoms with van der Waals surface area (Å²) in [7, 11) is 3.33. The van der Waals surface area contributed by atoms with Crippen LogP contribution in [0.2, 0.25) is 0 Å². The van der Waals surface area contributed by atoms with Gasteiger partial charge in [-0.3, -0.25) is 0 Å². The van der Waals surface area contributed by atoms with Gasteiger partial charge in [-0.15, -0.1) is 0 Å². The number of benzene rings is 2. The minimum absolute atomic E-state index is 0.000730. The lowest BCUT2D eigenvalue weighted by atomic mass is 9.89. The maximum Gasteiger partial charge on any atom is 0.161 e. The van der Waals surface area contributed by atoms with Crippen LogP contribution in [-0.2, 0) is 6.42 Å². The molecule has 27 heavy (non-hydrogen) atoms. The van der Waals surface area contributed by atoms with E-state index in [2.05, 4.69) is 39.4 Å². The summed E-state index contributed by atoms with van der Waals surface area (Å²) in [5, 5.41) is 3.61. The molecule has 146 valence electrons. The minimum atomic E-state index is 0.000730. The van der Waals surface area contributed by atoms with Crippen LogP contribution in [0, 0.1) is 0 Å². The van der Waals surface area contributed by atoms with Crippen LogP contribution in [0.1, 0.15) is 36.6 Å². The number of halogens is 1. The second-order valence-electron chi connectivity index (χ2n) is 6.23. The third-order valence-electron chi connectivity index (χ3n) is 4.67. The van der Waals surface area contributed by atoms with E-state index in [4.69, 9.17) is 18.9 Å². The highest BCUT2D eigenvalue weighted by atomic mass is 79.9. The van der Waals surface area contributed by atoms with E-state index in [-0.39, 0.29) is 6.04 Å². The summed E-state index contributed by atoms with van der Waals surface area (Å²) in [5.74, 6) is 3.11. The average molecular weight is 436 g/mol. The number of ether oxygens (including phenoxy) is 4. The van der Waals surface area contributed by atoms with Crippen LogP contribution in [0.3, 0.4) is 0 Å². The first-order chi connectivity index (χ1) is 13.1. The molecule has 1 aliphatic rings. The second kappa shape index (κ2) is 8.85. The number of hydrogen-bond acceptors (Lipinski definition) is 5. The normalized spacial score (nSPS) is 15.8. The van der Waals surface area contributed by atoms with Gasteiger partial charge in [-0.1, -0.05) is 0 Å². The highest BCUT2D eigenvalue weighted by Gasteiger charge is 2.27. The molecule has 0 amide bonds. The summed E-state index contributed by atoms with van der Waals surface area (Å²) in [6, 6.07) is 8.18. The van der Waals surface area contributed by atoms with E-state index in [9.17, 15) is 0 Å². The molecule has 6 heteroatoms. The first-order valence-corrected chi connectivity index (χ1v) is 9.99. The smallest absolute Gasteiger partial charge is 0.161 e. The lowest BCUT2D eigenvalue weighted by Gasteiger charge is -2.30. The van der Waals surface area contributed by atoms with E-state index in [1.54, 1.807) is 14.2 Å². The molecule has 3 rings (SSSR count). The zero-order chi connectivity index (χ0) is 19.4. The highest BCUT2D eigenvalue weighted by Crippen LogP contribution is 2.42. The van der Waals surface area contributed by atoms with Crippen LogP contribution in [-0.4, -0.2) is 34.0 Å². The summed E-state index contributed by atoms with van der Waals surface area (Å²) in [6.45, 7) is 6.05. The Bertz CT molecular complexity index is 809. The zero-order valence-corrected chi connectivity index (χ0v) is 17.8. The Hall–Kier alpha value is -1.92. The van der Waals surface area contributed by atoms with Crippen LogP contribution in [0.5, 0.6) is 23.0 Å². The third-order valence-corrected chi connectivity index (χ3v) is 5.29. The number of hydrogen-bond donors (Lipinski definition) is 1. The Balaban J connectivity index is 2.11. The fourth-order valence-electron chi connectivity index (χ4n) is 3.49. The van der Waals surface area contributed by atoms with Crippen LogP contribution in [0.4, 0.5) is 0 Å². The van der Waals surface area contributed by atoms with Gasteiger partial charge in [-0.05, 0) is 65.5 Å². The van der Waals surface area contributed by atoms with Gasteiger partial charge in [0.1, 0.15) is 11.5 Å². The Morgan fingerprint density at radius 2 is 1.56 bits per heavy atom. The van der Waals surface area contributed by atoms with Gasteiger partial charge < -0.3 is 24.3 Å². The Kier molecular flexibility index (Phi) is 6.50. The molecule has 2 aromatic carbocycles. The van der Waals surface area contributed by atoms with E-state index in [0.717, 1.165) is 46.0 Å². The van der Waals surface area contributed by atoms with Crippen molar-refractivity contribution < 1.29 is 18.9 Å². The standard InChI is InChI=1S/C21H26BrNO4/c1-5-26-19-9-13-7-8-23-21(14(13)11-20(19)27-6-2)15-10-16(22)18(25-4)12-17(15)24-3/h9-12,21,23H,5-8H2,1-4H3. The first kappa shape index (κ1) is 19.8. The molecule has 0 bridgehead atoms. The fraction of sp³-hybridized carbons (Fsp3) is 0.429. The van der Waals surface area contributed by atoms with Gasteiger partial charge in [0.25, 0.3) is 0 Å². The Labute approximate surface area is 169 Å². The molecule has 1 unspecified atom stereocenters. The molecule has 0 saturated heterocycles. The second-order valence-corrected chi connectivity index (χ2v) is 7.08. The van der Waals surface area contributed by atoms with Crippen molar-refractivity contribution in [3.8, 4) is 23.0 Å². The Morgan fingerprint density at radius 3 is 2.19 bits per heavy atom. The van der Waals surface area contributed by atoms with Gasteiger partial charge in [0.15, 0.2) is 11.5 Å². The zero-order valence-electron chi connectivity index (χ0n) is 16.2. The molecule has 1 heterocycles. The molecule has 1 aliphatic heterocycles. The largest absolute Gasteiger partial charge is 0.496 e. The van der Waals surface area contributed by atoms with Crippen LogP contribution in [0.25, 0.3) is 0 Å². The van der Waals surface area contributed by atoms with Gasteiger partial charge in [0, 0.05) is 18.2 Å². The summed E-state index contributed by atoms with van der Waals surface area (Å²) in [4.78, 5) is 0. The third kappa shape index (κ3) is 4.01. The highest BCUT2D eigenvalue weighted by molar-refractivity contribution is 9.10. The minimum Gasteiger partial charge on any atom is -0.496 e. The van der Waals surface area contributed by atoms with Crippen molar-refractivity contribution in [3.63, 3.8) is 0 Å². The van der Waals surface area contributed by atoms with Crippen molar-refractivity contribution in [2.75, 3.05) is 34.0 Å². The molecule has 0 fully saturated rings. The van der Waals surface area contributed by atoms with Crippen LogP contribution in [0.15, 0.2) is 28.7 Å². The summed E-state index contributed by atoms with van der Waals surface area (Å²) in [5.41, 5.74) is 3.50. The number of rotatable bonds is 7. The summed E-state index contributed by atoms with van der Waals surface area (Å²) < 4.78 is 23.6. The van der Waals surface area contributed by atoms with Gasteiger partial charge in [-0.25, -0.2) is 0 Å². The molecular weight excluding hydrogens is 410 g/mol. The van der Waals surface area contributed by atoms with E-state index in [1.807, 2.05) is 19.9 Å².